The number of likely N-dealkylation sites (tertiary alicyclic amines) is 1. The smallest absolute Gasteiger partial charge is 0.232 e. The number of hydrogen-bond acceptors (Lipinski definition) is 3. The molecule has 1 fully saturated rings. The van der Waals surface area contributed by atoms with Gasteiger partial charge in [-0.3, -0.25) is 4.79 Å². The van der Waals surface area contributed by atoms with Gasteiger partial charge in [0, 0.05) is 20.2 Å². The van der Waals surface area contributed by atoms with E-state index in [-0.39, 0.29) is 17.0 Å². The highest BCUT2D eigenvalue weighted by molar-refractivity contribution is 7.80. The molecule has 1 aliphatic rings. The molecule has 0 aliphatic carbocycles. The van der Waals surface area contributed by atoms with Gasteiger partial charge in [0.25, 0.3) is 0 Å². The number of hydrogen-bond donors (Lipinski definition) is 1. The van der Waals surface area contributed by atoms with Gasteiger partial charge in [0.1, 0.15) is 0 Å². The summed E-state index contributed by atoms with van der Waals surface area (Å²) in [6.07, 6.45) is 2.57. The molecule has 0 bridgehead atoms. The Bertz CT molecular complexity index is 484. The monoisotopic (exact) mass is 306 g/mol. The number of methoxy groups -OCH3 is 1. The number of piperidine rings is 1. The molecule has 1 heterocycles. The van der Waals surface area contributed by atoms with Gasteiger partial charge in [-0.05, 0) is 24.8 Å². The van der Waals surface area contributed by atoms with Crippen LogP contribution in [0.2, 0.25) is 0 Å². The van der Waals surface area contributed by atoms with Crippen molar-refractivity contribution in [1.82, 2.24) is 4.90 Å². The van der Waals surface area contributed by atoms with E-state index < -0.39 is 5.92 Å². The van der Waals surface area contributed by atoms with Gasteiger partial charge in [-0.15, -0.1) is 0 Å². The lowest BCUT2D eigenvalue weighted by Crippen LogP contribution is -2.46. The summed E-state index contributed by atoms with van der Waals surface area (Å²) < 4.78 is 5.33. The van der Waals surface area contributed by atoms with Crippen LogP contribution in [0.1, 0.15) is 18.4 Å². The highest BCUT2D eigenvalue weighted by Gasteiger charge is 2.29. The molecular formula is C16H22N2O2S. The number of carbonyl (C=O) groups is 1. The first-order valence-electron chi connectivity index (χ1n) is 7.26. The Balaban J connectivity index is 2.01. The number of benzene rings is 1. The Labute approximate surface area is 131 Å². The Morgan fingerprint density at radius 2 is 2.00 bits per heavy atom. The largest absolute Gasteiger partial charge is 0.393 e. The summed E-state index contributed by atoms with van der Waals surface area (Å²) in [6.45, 7) is 1.43. The van der Waals surface area contributed by atoms with Crippen LogP contribution in [0, 0.1) is 5.92 Å². The molecule has 1 aromatic rings. The second-order valence-electron chi connectivity index (χ2n) is 5.41. The number of ether oxygens (including phenoxy) is 1. The average Bonchev–Trinajstić information content (AvgIpc) is 2.53. The van der Waals surface area contributed by atoms with Crippen molar-refractivity contribution in [1.29, 1.82) is 0 Å². The maximum absolute atomic E-state index is 12.7. The van der Waals surface area contributed by atoms with E-state index in [1.165, 1.54) is 0 Å². The molecule has 21 heavy (non-hydrogen) atoms. The van der Waals surface area contributed by atoms with Crippen LogP contribution in [-0.4, -0.2) is 42.1 Å². The van der Waals surface area contributed by atoms with Crippen molar-refractivity contribution in [2.45, 2.75) is 25.4 Å². The average molecular weight is 306 g/mol. The van der Waals surface area contributed by atoms with E-state index in [9.17, 15) is 4.79 Å². The van der Waals surface area contributed by atoms with Crippen LogP contribution in [0.5, 0.6) is 0 Å². The second kappa shape index (κ2) is 7.52. The van der Waals surface area contributed by atoms with Crippen molar-refractivity contribution in [3.63, 3.8) is 0 Å². The van der Waals surface area contributed by atoms with E-state index in [4.69, 9.17) is 22.7 Å². The van der Waals surface area contributed by atoms with Gasteiger partial charge in [0.2, 0.25) is 5.91 Å². The first kappa shape index (κ1) is 15.9. The van der Waals surface area contributed by atoms with Gasteiger partial charge < -0.3 is 15.4 Å². The zero-order valence-corrected chi connectivity index (χ0v) is 13.1. The zero-order chi connectivity index (χ0) is 15.2. The molecule has 0 spiro atoms. The minimum Gasteiger partial charge on any atom is -0.393 e. The highest BCUT2D eigenvalue weighted by atomic mass is 32.1. The Hall–Kier alpha value is -1.46. The first-order chi connectivity index (χ1) is 10.1. The van der Waals surface area contributed by atoms with E-state index in [1.54, 1.807) is 7.11 Å². The molecule has 4 nitrogen and oxygen atoms in total. The van der Waals surface area contributed by atoms with Gasteiger partial charge >= 0.3 is 0 Å². The van der Waals surface area contributed by atoms with Crippen molar-refractivity contribution >= 4 is 23.1 Å². The Morgan fingerprint density at radius 1 is 1.38 bits per heavy atom. The van der Waals surface area contributed by atoms with Crippen molar-refractivity contribution in [2.24, 2.45) is 11.7 Å². The summed E-state index contributed by atoms with van der Waals surface area (Å²) in [7, 11) is 1.72. The molecule has 5 heteroatoms. The lowest BCUT2D eigenvalue weighted by molar-refractivity contribution is -0.135. The minimum atomic E-state index is -0.415. The fourth-order valence-electron chi connectivity index (χ4n) is 2.69. The van der Waals surface area contributed by atoms with Crippen LogP contribution in [0.4, 0.5) is 0 Å². The molecule has 2 rings (SSSR count). The number of nitrogens with two attached hydrogens (primary N) is 1. The molecule has 1 atom stereocenters. The highest BCUT2D eigenvalue weighted by Crippen LogP contribution is 2.18. The van der Waals surface area contributed by atoms with Gasteiger partial charge in [0.15, 0.2) is 0 Å². The molecule has 1 saturated heterocycles. The van der Waals surface area contributed by atoms with Crippen LogP contribution in [0.15, 0.2) is 30.3 Å². The minimum absolute atomic E-state index is 0.0425. The molecule has 1 aromatic carbocycles. The Kier molecular flexibility index (Phi) is 5.70. The third kappa shape index (κ3) is 4.25. The molecular weight excluding hydrogens is 284 g/mol. The Morgan fingerprint density at radius 3 is 2.52 bits per heavy atom. The molecule has 1 aliphatic heterocycles. The lowest BCUT2D eigenvalue weighted by Gasteiger charge is -2.33. The third-order valence-corrected chi connectivity index (χ3v) is 4.30. The van der Waals surface area contributed by atoms with Crippen LogP contribution >= 0.6 is 12.2 Å². The maximum Gasteiger partial charge on any atom is 0.232 e. The predicted molar refractivity (Wildman–Crippen MR) is 87.0 cm³/mol. The SMILES string of the molecule is COC1CCN(C(=O)C(Cc2ccccc2)C(N)=S)CC1. The van der Waals surface area contributed by atoms with Crippen molar-refractivity contribution < 1.29 is 9.53 Å². The van der Waals surface area contributed by atoms with Crippen molar-refractivity contribution in [3.05, 3.63) is 35.9 Å². The molecule has 0 aromatic heterocycles. The van der Waals surface area contributed by atoms with Gasteiger partial charge in [0.05, 0.1) is 17.0 Å². The fourth-order valence-corrected chi connectivity index (χ4v) is 2.88. The topological polar surface area (TPSA) is 55.6 Å². The number of amides is 1. The van der Waals surface area contributed by atoms with E-state index in [0.29, 0.717) is 19.5 Å². The predicted octanol–water partition coefficient (Wildman–Crippen LogP) is 1.77. The summed E-state index contributed by atoms with van der Waals surface area (Å²) in [5.41, 5.74) is 6.88. The fraction of sp³-hybridized carbons (Fsp3) is 0.500. The summed E-state index contributed by atoms with van der Waals surface area (Å²) in [4.78, 5) is 14.8. The molecule has 0 radical (unpaired) electrons. The number of thiocarbonyl (C=S) groups is 1. The first-order valence-corrected chi connectivity index (χ1v) is 7.67. The zero-order valence-electron chi connectivity index (χ0n) is 12.3. The number of rotatable bonds is 5. The molecule has 1 unspecified atom stereocenters. The van der Waals surface area contributed by atoms with Gasteiger partial charge in [-0.25, -0.2) is 0 Å². The summed E-state index contributed by atoms with van der Waals surface area (Å²) in [5.74, 6) is -0.373. The summed E-state index contributed by atoms with van der Waals surface area (Å²) in [5, 5.41) is 0. The van der Waals surface area contributed by atoms with E-state index in [0.717, 1.165) is 18.4 Å². The molecule has 0 saturated carbocycles. The van der Waals surface area contributed by atoms with E-state index in [1.807, 2.05) is 35.2 Å². The summed E-state index contributed by atoms with van der Waals surface area (Å²) >= 11 is 5.11. The second-order valence-corrected chi connectivity index (χ2v) is 5.88. The van der Waals surface area contributed by atoms with E-state index in [2.05, 4.69) is 0 Å². The third-order valence-electron chi connectivity index (χ3n) is 4.01. The standard InChI is InChI=1S/C16H22N2O2S/c1-20-13-7-9-18(10-8-13)16(19)14(15(17)21)11-12-5-3-2-4-6-12/h2-6,13-14H,7-11H2,1H3,(H2,17,21). The van der Waals surface area contributed by atoms with Crippen LogP contribution in [-0.2, 0) is 16.0 Å². The lowest BCUT2D eigenvalue weighted by atomic mass is 9.96. The van der Waals surface area contributed by atoms with E-state index >= 15 is 0 Å². The number of nitrogens with zero attached hydrogens (tertiary/aromatic N) is 1. The summed E-state index contributed by atoms with van der Waals surface area (Å²) in [6, 6.07) is 9.86. The van der Waals surface area contributed by atoms with Crippen molar-refractivity contribution in [3.8, 4) is 0 Å². The quantitative estimate of drug-likeness (QED) is 0.842. The molecule has 114 valence electrons. The number of carbonyl (C=O) groups excluding carboxylic acids is 1. The van der Waals surface area contributed by atoms with Gasteiger partial charge in [-0.1, -0.05) is 42.5 Å². The van der Waals surface area contributed by atoms with Crippen LogP contribution in [0.3, 0.4) is 0 Å². The van der Waals surface area contributed by atoms with Crippen molar-refractivity contribution in [2.75, 3.05) is 20.2 Å². The maximum atomic E-state index is 12.7. The van der Waals surface area contributed by atoms with Gasteiger partial charge in [-0.2, -0.15) is 0 Å². The molecule has 1 amide bonds. The van der Waals surface area contributed by atoms with Crippen LogP contribution < -0.4 is 5.73 Å². The van der Waals surface area contributed by atoms with Crippen LogP contribution in [0.25, 0.3) is 0 Å². The normalized spacial score (nSPS) is 17.5. The molecule has 2 N–H and O–H groups in total.